The number of fused-ring (bicyclic) bond motifs is 1. The topological polar surface area (TPSA) is 68.0 Å². The van der Waals surface area contributed by atoms with Gasteiger partial charge >= 0.3 is 0 Å². The summed E-state index contributed by atoms with van der Waals surface area (Å²) in [5, 5.41) is 17.4. The minimum Gasteiger partial charge on any atom is -0.362 e. The van der Waals surface area contributed by atoms with Gasteiger partial charge in [-0.3, -0.25) is 0 Å². The van der Waals surface area contributed by atoms with Crippen molar-refractivity contribution >= 4 is 22.8 Å². The third kappa shape index (κ3) is 2.85. The molecule has 0 bridgehead atoms. The predicted molar refractivity (Wildman–Crippen MR) is 95.0 cm³/mol. The number of aryl methyl sites for hydroxylation is 1. The van der Waals surface area contributed by atoms with E-state index in [2.05, 4.69) is 32.5 Å². The van der Waals surface area contributed by atoms with Crippen molar-refractivity contribution in [2.24, 2.45) is 0 Å². The lowest BCUT2D eigenvalue weighted by atomic mass is 10.2. The summed E-state index contributed by atoms with van der Waals surface area (Å²) in [6.45, 7) is 2.79. The Hall–Kier alpha value is -2.80. The molecule has 0 aliphatic carbocycles. The van der Waals surface area contributed by atoms with Crippen LogP contribution < -0.4 is 5.32 Å². The lowest BCUT2D eigenvalue weighted by Crippen LogP contribution is -2.04. The zero-order chi connectivity index (χ0) is 16.4. The van der Waals surface area contributed by atoms with Crippen molar-refractivity contribution in [3.8, 4) is 11.4 Å². The van der Waals surface area contributed by atoms with Gasteiger partial charge in [0.15, 0.2) is 11.5 Å². The van der Waals surface area contributed by atoms with Gasteiger partial charge in [0.2, 0.25) is 0 Å². The third-order valence-electron chi connectivity index (χ3n) is 3.67. The van der Waals surface area contributed by atoms with E-state index in [9.17, 15) is 0 Å². The van der Waals surface area contributed by atoms with Crippen LogP contribution in [0.25, 0.3) is 17.0 Å². The molecule has 4 aromatic rings. The van der Waals surface area contributed by atoms with Crippen LogP contribution in [0.2, 0.25) is 0 Å². The second-order valence-electron chi connectivity index (χ2n) is 5.31. The SMILES string of the molecule is CCc1cnc(CNc2ccc3nnc(-c4ccccc4)n3n2)s1. The zero-order valence-corrected chi connectivity index (χ0v) is 14.0. The molecule has 24 heavy (non-hydrogen) atoms. The number of thiazole rings is 1. The van der Waals surface area contributed by atoms with E-state index < -0.39 is 0 Å². The van der Waals surface area contributed by atoms with Crippen molar-refractivity contribution in [2.45, 2.75) is 19.9 Å². The second kappa shape index (κ2) is 6.37. The summed E-state index contributed by atoms with van der Waals surface area (Å²) < 4.78 is 1.76. The highest BCUT2D eigenvalue weighted by atomic mass is 32.1. The molecule has 4 rings (SSSR count). The van der Waals surface area contributed by atoms with Crippen LogP contribution in [0, 0.1) is 0 Å². The summed E-state index contributed by atoms with van der Waals surface area (Å²) in [5.74, 6) is 1.50. The molecule has 1 N–H and O–H groups in total. The number of hydrogen-bond donors (Lipinski definition) is 1. The number of nitrogens with zero attached hydrogens (tertiary/aromatic N) is 5. The molecule has 0 radical (unpaired) electrons. The summed E-state index contributed by atoms with van der Waals surface area (Å²) in [6.07, 6.45) is 2.95. The maximum absolute atomic E-state index is 4.61. The van der Waals surface area contributed by atoms with E-state index >= 15 is 0 Å². The minimum atomic E-state index is 0.659. The highest BCUT2D eigenvalue weighted by molar-refractivity contribution is 7.11. The molecule has 7 heteroatoms. The quantitative estimate of drug-likeness (QED) is 0.605. The Kier molecular flexibility index (Phi) is 3.92. The van der Waals surface area contributed by atoms with Crippen LogP contribution >= 0.6 is 11.3 Å². The molecule has 3 aromatic heterocycles. The summed E-state index contributed by atoms with van der Waals surface area (Å²) in [7, 11) is 0. The normalized spacial score (nSPS) is 11.0. The first-order valence-corrected chi connectivity index (χ1v) is 8.60. The monoisotopic (exact) mass is 336 g/mol. The van der Waals surface area contributed by atoms with E-state index in [-0.39, 0.29) is 0 Å². The van der Waals surface area contributed by atoms with Crippen LogP contribution in [-0.2, 0) is 13.0 Å². The van der Waals surface area contributed by atoms with Crippen LogP contribution in [0.3, 0.4) is 0 Å². The van der Waals surface area contributed by atoms with Gasteiger partial charge in [0.25, 0.3) is 0 Å². The van der Waals surface area contributed by atoms with Gasteiger partial charge in [-0.1, -0.05) is 37.3 Å². The molecule has 0 spiro atoms. The lowest BCUT2D eigenvalue weighted by Gasteiger charge is -2.04. The van der Waals surface area contributed by atoms with Gasteiger partial charge in [-0.05, 0) is 18.6 Å². The molecule has 0 unspecified atom stereocenters. The van der Waals surface area contributed by atoms with Gasteiger partial charge in [-0.15, -0.1) is 26.6 Å². The second-order valence-corrected chi connectivity index (χ2v) is 6.51. The molecule has 1 aromatic carbocycles. The Morgan fingerprint density at radius 3 is 2.75 bits per heavy atom. The number of benzene rings is 1. The van der Waals surface area contributed by atoms with E-state index in [4.69, 9.17) is 0 Å². The molecular weight excluding hydrogens is 320 g/mol. The molecule has 120 valence electrons. The van der Waals surface area contributed by atoms with E-state index in [1.807, 2.05) is 48.7 Å². The molecule has 0 aliphatic heterocycles. The van der Waals surface area contributed by atoms with Crippen molar-refractivity contribution in [3.63, 3.8) is 0 Å². The highest BCUT2D eigenvalue weighted by Gasteiger charge is 2.09. The van der Waals surface area contributed by atoms with Gasteiger partial charge in [-0.25, -0.2) is 4.98 Å². The smallest absolute Gasteiger partial charge is 0.185 e. The standard InChI is InChI=1S/C17H16N6S/c1-2-13-10-19-16(24-13)11-18-14-8-9-15-20-21-17(23(15)22-14)12-6-4-3-5-7-12/h3-10H,2,11H2,1H3,(H,18,22). The Bertz CT molecular complexity index is 960. The first kappa shape index (κ1) is 14.8. The molecule has 0 atom stereocenters. The number of hydrogen-bond acceptors (Lipinski definition) is 6. The number of aromatic nitrogens is 5. The molecule has 6 nitrogen and oxygen atoms in total. The molecule has 0 saturated carbocycles. The van der Waals surface area contributed by atoms with Crippen LogP contribution in [0.15, 0.2) is 48.7 Å². The minimum absolute atomic E-state index is 0.659. The predicted octanol–water partition coefficient (Wildman–Crippen LogP) is 3.42. The molecule has 3 heterocycles. The van der Waals surface area contributed by atoms with Gasteiger partial charge in [-0.2, -0.15) is 4.52 Å². The Labute approximate surface area is 143 Å². The van der Waals surface area contributed by atoms with E-state index in [0.717, 1.165) is 34.3 Å². The lowest BCUT2D eigenvalue weighted by molar-refractivity contribution is 0.923. The largest absolute Gasteiger partial charge is 0.362 e. The molecule has 0 aliphatic rings. The van der Waals surface area contributed by atoms with E-state index in [0.29, 0.717) is 6.54 Å². The summed E-state index contributed by atoms with van der Waals surface area (Å²) in [5.41, 5.74) is 1.71. The third-order valence-corrected chi connectivity index (χ3v) is 4.81. The fraction of sp³-hybridized carbons (Fsp3) is 0.176. The zero-order valence-electron chi connectivity index (χ0n) is 13.2. The van der Waals surface area contributed by atoms with Crippen LogP contribution in [0.4, 0.5) is 5.82 Å². The summed E-state index contributed by atoms with van der Waals surface area (Å²) >= 11 is 1.72. The summed E-state index contributed by atoms with van der Waals surface area (Å²) in [4.78, 5) is 5.71. The van der Waals surface area contributed by atoms with Crippen LogP contribution in [0.1, 0.15) is 16.8 Å². The average Bonchev–Trinajstić information content (AvgIpc) is 3.27. The van der Waals surface area contributed by atoms with Crippen molar-refractivity contribution < 1.29 is 0 Å². The molecular formula is C17H16N6S. The van der Waals surface area contributed by atoms with Crippen LogP contribution in [-0.4, -0.2) is 24.8 Å². The fourth-order valence-corrected chi connectivity index (χ4v) is 3.21. The first-order valence-electron chi connectivity index (χ1n) is 7.79. The maximum atomic E-state index is 4.61. The Morgan fingerprint density at radius 2 is 1.96 bits per heavy atom. The fourth-order valence-electron chi connectivity index (χ4n) is 2.41. The Balaban J connectivity index is 1.60. The van der Waals surface area contributed by atoms with Crippen molar-refractivity contribution in [1.29, 1.82) is 0 Å². The molecule has 0 amide bonds. The average molecular weight is 336 g/mol. The van der Waals surface area contributed by atoms with Crippen molar-refractivity contribution in [3.05, 3.63) is 58.5 Å². The highest BCUT2D eigenvalue weighted by Crippen LogP contribution is 2.19. The number of anilines is 1. The van der Waals surface area contributed by atoms with Gasteiger partial charge in [0.1, 0.15) is 10.8 Å². The van der Waals surface area contributed by atoms with Crippen LogP contribution in [0.5, 0.6) is 0 Å². The first-order chi connectivity index (χ1) is 11.8. The Morgan fingerprint density at radius 1 is 1.08 bits per heavy atom. The summed E-state index contributed by atoms with van der Waals surface area (Å²) in [6, 6.07) is 13.8. The van der Waals surface area contributed by atoms with Crippen molar-refractivity contribution in [1.82, 2.24) is 24.8 Å². The number of rotatable bonds is 5. The van der Waals surface area contributed by atoms with Gasteiger partial charge in [0.05, 0.1) is 6.54 Å². The maximum Gasteiger partial charge on any atom is 0.185 e. The van der Waals surface area contributed by atoms with Crippen molar-refractivity contribution in [2.75, 3.05) is 5.32 Å². The molecule has 0 fully saturated rings. The van der Waals surface area contributed by atoms with E-state index in [1.54, 1.807) is 15.9 Å². The number of nitrogens with one attached hydrogen (secondary N) is 1. The molecule has 0 saturated heterocycles. The van der Waals surface area contributed by atoms with Gasteiger partial charge in [0, 0.05) is 16.6 Å². The van der Waals surface area contributed by atoms with E-state index in [1.165, 1.54) is 4.88 Å². The van der Waals surface area contributed by atoms with Gasteiger partial charge < -0.3 is 5.32 Å².